The molecule has 0 aliphatic carbocycles. The number of carbonyl (C=O) groups excluding carboxylic acids is 1. The number of ether oxygens (including phenoxy) is 2. The van der Waals surface area contributed by atoms with E-state index >= 15 is 0 Å². The summed E-state index contributed by atoms with van der Waals surface area (Å²) in [5.41, 5.74) is 2.81. The van der Waals surface area contributed by atoms with Crippen LogP contribution in [-0.2, 0) is 11.4 Å². The zero-order valence-electron chi connectivity index (χ0n) is 10.3. The zero-order valence-corrected chi connectivity index (χ0v) is 10.3. The van der Waals surface area contributed by atoms with Gasteiger partial charge in [0.1, 0.15) is 0 Å². The summed E-state index contributed by atoms with van der Waals surface area (Å²) in [6.07, 6.45) is 0.876. The molecule has 0 saturated carbocycles. The lowest BCUT2D eigenvalue weighted by Gasteiger charge is -2.11. The number of aliphatic hydroxyl groups excluding tert-OH is 1. The minimum absolute atomic E-state index is 0.0483. The number of hydrogen-bond donors (Lipinski definition) is 3. The lowest BCUT2D eigenvalue weighted by Crippen LogP contribution is -2.29. The molecule has 4 N–H and O–H groups in total. The highest BCUT2D eigenvalue weighted by molar-refractivity contribution is 5.75. The van der Waals surface area contributed by atoms with Crippen molar-refractivity contribution in [3.05, 3.63) is 23.8 Å². The van der Waals surface area contributed by atoms with Crippen molar-refractivity contribution in [2.24, 2.45) is 5.84 Å². The van der Waals surface area contributed by atoms with Gasteiger partial charge in [-0.3, -0.25) is 10.2 Å². The first-order chi connectivity index (χ1) is 8.71. The van der Waals surface area contributed by atoms with Crippen molar-refractivity contribution in [1.29, 1.82) is 0 Å². The molecule has 0 bridgehead atoms. The Hall–Kier alpha value is -1.79. The molecule has 0 saturated heterocycles. The van der Waals surface area contributed by atoms with Gasteiger partial charge in [0.25, 0.3) is 0 Å². The lowest BCUT2D eigenvalue weighted by molar-refractivity contribution is -0.121. The van der Waals surface area contributed by atoms with E-state index in [4.69, 9.17) is 20.4 Å². The molecule has 0 aliphatic heterocycles. The highest BCUT2D eigenvalue weighted by atomic mass is 16.5. The van der Waals surface area contributed by atoms with Crippen molar-refractivity contribution in [1.82, 2.24) is 5.43 Å². The van der Waals surface area contributed by atoms with Crippen molar-refractivity contribution >= 4 is 5.91 Å². The fourth-order valence-electron chi connectivity index (χ4n) is 1.42. The summed E-state index contributed by atoms with van der Waals surface area (Å²) in [6.45, 7) is 0.343. The van der Waals surface area contributed by atoms with Gasteiger partial charge in [-0.25, -0.2) is 5.84 Å². The SMILES string of the molecule is COc1cc(CO)ccc1OCCCC(=O)NN. The highest BCUT2D eigenvalue weighted by Gasteiger charge is 2.06. The number of nitrogens with two attached hydrogens (primary N) is 1. The van der Waals surface area contributed by atoms with E-state index in [9.17, 15) is 4.79 Å². The Labute approximate surface area is 106 Å². The summed E-state index contributed by atoms with van der Waals surface area (Å²) in [5.74, 6) is 5.88. The Morgan fingerprint density at radius 3 is 2.83 bits per heavy atom. The standard InChI is InChI=1S/C12H18N2O4/c1-17-11-7-9(8-15)4-5-10(11)18-6-2-3-12(16)14-13/h4-5,7,15H,2-3,6,8,13H2,1H3,(H,14,16). The van der Waals surface area contributed by atoms with E-state index < -0.39 is 0 Å². The molecule has 0 spiro atoms. The van der Waals surface area contributed by atoms with Gasteiger partial charge in [0.05, 0.1) is 20.3 Å². The van der Waals surface area contributed by atoms with Crippen LogP contribution in [0.2, 0.25) is 0 Å². The van der Waals surface area contributed by atoms with Crippen LogP contribution in [0, 0.1) is 0 Å². The van der Waals surface area contributed by atoms with Crippen molar-refractivity contribution in [3.63, 3.8) is 0 Å². The normalized spacial score (nSPS) is 9.94. The molecule has 0 heterocycles. The van der Waals surface area contributed by atoms with Gasteiger partial charge < -0.3 is 14.6 Å². The highest BCUT2D eigenvalue weighted by Crippen LogP contribution is 2.28. The smallest absolute Gasteiger partial charge is 0.234 e. The molecule has 0 radical (unpaired) electrons. The minimum atomic E-state index is -0.221. The number of benzene rings is 1. The quantitative estimate of drug-likeness (QED) is 0.282. The summed E-state index contributed by atoms with van der Waals surface area (Å²) in [5, 5.41) is 9.00. The van der Waals surface area contributed by atoms with E-state index in [2.05, 4.69) is 5.43 Å². The monoisotopic (exact) mass is 254 g/mol. The van der Waals surface area contributed by atoms with Crippen molar-refractivity contribution in [3.8, 4) is 11.5 Å². The maximum atomic E-state index is 10.9. The molecule has 6 nitrogen and oxygen atoms in total. The van der Waals surface area contributed by atoms with Gasteiger partial charge >= 0.3 is 0 Å². The maximum Gasteiger partial charge on any atom is 0.234 e. The number of nitrogens with one attached hydrogen (secondary N) is 1. The van der Waals surface area contributed by atoms with E-state index in [1.807, 2.05) is 0 Å². The number of hydrazine groups is 1. The maximum absolute atomic E-state index is 10.9. The molecule has 0 fully saturated rings. The molecule has 18 heavy (non-hydrogen) atoms. The molecule has 0 aromatic heterocycles. The van der Waals surface area contributed by atoms with Crippen molar-refractivity contribution in [2.75, 3.05) is 13.7 Å². The van der Waals surface area contributed by atoms with E-state index in [0.717, 1.165) is 5.56 Å². The molecule has 1 aromatic carbocycles. The molecule has 100 valence electrons. The second kappa shape index (κ2) is 7.52. The number of aliphatic hydroxyl groups is 1. The van der Waals surface area contributed by atoms with Crippen LogP contribution < -0.4 is 20.7 Å². The van der Waals surface area contributed by atoms with Gasteiger partial charge in [-0.2, -0.15) is 0 Å². The summed E-state index contributed by atoms with van der Waals surface area (Å²) >= 11 is 0. The van der Waals surface area contributed by atoms with Crippen molar-refractivity contribution < 1.29 is 19.4 Å². The molecule has 1 rings (SSSR count). The molecule has 0 unspecified atom stereocenters. The Kier molecular flexibility index (Phi) is 5.96. The minimum Gasteiger partial charge on any atom is -0.493 e. The van der Waals surface area contributed by atoms with Crippen LogP contribution in [0.4, 0.5) is 0 Å². The van der Waals surface area contributed by atoms with E-state index in [0.29, 0.717) is 30.9 Å². The lowest BCUT2D eigenvalue weighted by atomic mass is 10.2. The summed E-state index contributed by atoms with van der Waals surface area (Å²) in [4.78, 5) is 10.9. The third-order valence-electron chi connectivity index (χ3n) is 2.38. The third kappa shape index (κ3) is 4.23. The first-order valence-electron chi connectivity index (χ1n) is 5.61. The Bertz CT molecular complexity index is 396. The fraction of sp³-hybridized carbons (Fsp3) is 0.417. The summed E-state index contributed by atoms with van der Waals surface area (Å²) in [6, 6.07) is 5.19. The molecular weight excluding hydrogens is 236 g/mol. The molecule has 6 heteroatoms. The average Bonchev–Trinajstić information content (AvgIpc) is 2.43. The molecular formula is C12H18N2O4. The van der Waals surface area contributed by atoms with Gasteiger partial charge in [0.15, 0.2) is 11.5 Å². The third-order valence-corrected chi connectivity index (χ3v) is 2.38. The van der Waals surface area contributed by atoms with E-state index in [1.54, 1.807) is 18.2 Å². The Morgan fingerprint density at radius 2 is 2.22 bits per heavy atom. The van der Waals surface area contributed by atoms with Gasteiger partial charge in [0.2, 0.25) is 5.91 Å². The van der Waals surface area contributed by atoms with Crippen LogP contribution in [0.5, 0.6) is 11.5 Å². The van der Waals surface area contributed by atoms with Crippen LogP contribution in [0.15, 0.2) is 18.2 Å². The van der Waals surface area contributed by atoms with Crippen molar-refractivity contribution in [2.45, 2.75) is 19.4 Å². The summed E-state index contributed by atoms with van der Waals surface area (Å²) in [7, 11) is 1.53. The Morgan fingerprint density at radius 1 is 1.44 bits per heavy atom. The molecule has 0 aliphatic rings. The van der Waals surface area contributed by atoms with Gasteiger partial charge in [-0.1, -0.05) is 6.07 Å². The number of carbonyl (C=O) groups is 1. The predicted octanol–water partition coefficient (Wildman–Crippen LogP) is 0.336. The second-order valence-corrected chi connectivity index (χ2v) is 3.66. The number of methoxy groups -OCH3 is 1. The van der Waals surface area contributed by atoms with Gasteiger partial charge in [0, 0.05) is 6.42 Å². The largest absolute Gasteiger partial charge is 0.493 e. The number of hydrogen-bond acceptors (Lipinski definition) is 5. The van der Waals surface area contributed by atoms with Crippen LogP contribution in [0.1, 0.15) is 18.4 Å². The second-order valence-electron chi connectivity index (χ2n) is 3.66. The first-order valence-corrected chi connectivity index (χ1v) is 5.61. The van der Waals surface area contributed by atoms with E-state index in [1.165, 1.54) is 7.11 Å². The van der Waals surface area contributed by atoms with Crippen LogP contribution in [0.3, 0.4) is 0 Å². The Balaban J connectivity index is 2.49. The zero-order chi connectivity index (χ0) is 13.4. The average molecular weight is 254 g/mol. The first kappa shape index (κ1) is 14.3. The van der Waals surface area contributed by atoms with E-state index in [-0.39, 0.29) is 12.5 Å². The van der Waals surface area contributed by atoms with Gasteiger partial charge in [-0.05, 0) is 24.1 Å². The molecule has 1 aromatic rings. The van der Waals surface area contributed by atoms with Crippen LogP contribution in [-0.4, -0.2) is 24.7 Å². The molecule has 1 amide bonds. The number of rotatable bonds is 7. The number of amides is 1. The fourth-order valence-corrected chi connectivity index (χ4v) is 1.42. The van der Waals surface area contributed by atoms with Crippen LogP contribution >= 0.6 is 0 Å². The van der Waals surface area contributed by atoms with Crippen LogP contribution in [0.25, 0.3) is 0 Å². The topological polar surface area (TPSA) is 93.8 Å². The predicted molar refractivity (Wildman–Crippen MR) is 66.0 cm³/mol. The molecule has 0 atom stereocenters. The van der Waals surface area contributed by atoms with Gasteiger partial charge in [-0.15, -0.1) is 0 Å². The summed E-state index contributed by atoms with van der Waals surface area (Å²) < 4.78 is 10.6.